The molecule has 1 amide bonds. The van der Waals surface area contributed by atoms with Crippen molar-refractivity contribution in [2.45, 2.75) is 24.3 Å². The second-order valence-electron chi connectivity index (χ2n) is 7.08. The van der Waals surface area contributed by atoms with Crippen LogP contribution in [0, 0.1) is 0 Å². The fourth-order valence-corrected chi connectivity index (χ4v) is 4.85. The number of hydrogen-bond acceptors (Lipinski definition) is 5. The van der Waals surface area contributed by atoms with Crippen LogP contribution in [0.3, 0.4) is 0 Å². The van der Waals surface area contributed by atoms with Gasteiger partial charge in [-0.1, -0.05) is 54.1 Å². The Labute approximate surface area is 198 Å². The van der Waals surface area contributed by atoms with Crippen LogP contribution in [0.25, 0.3) is 0 Å². The predicted octanol–water partition coefficient (Wildman–Crippen LogP) is 4.28. The van der Waals surface area contributed by atoms with Gasteiger partial charge in [-0.3, -0.25) is 4.79 Å². The second-order valence-corrected chi connectivity index (χ2v) is 9.20. The summed E-state index contributed by atoms with van der Waals surface area (Å²) in [5.74, 6) is 0.0780. The molecule has 7 nitrogen and oxygen atoms in total. The van der Waals surface area contributed by atoms with Crippen LogP contribution in [0.2, 0.25) is 5.02 Å². The number of rotatable bonds is 10. The van der Waals surface area contributed by atoms with Crippen molar-refractivity contribution in [2.75, 3.05) is 19.0 Å². The van der Waals surface area contributed by atoms with E-state index in [1.54, 1.807) is 24.3 Å². The monoisotopic (exact) mass is 488 g/mol. The number of para-hydroxylation sites is 2. The van der Waals surface area contributed by atoms with Crippen LogP contribution in [0.5, 0.6) is 11.5 Å². The van der Waals surface area contributed by atoms with Gasteiger partial charge >= 0.3 is 0 Å². The molecular weight excluding hydrogens is 464 g/mol. The van der Waals surface area contributed by atoms with Gasteiger partial charge in [0, 0.05) is 5.02 Å². The minimum absolute atomic E-state index is 0.118. The highest BCUT2D eigenvalue weighted by atomic mass is 35.5. The number of methoxy groups -OCH3 is 1. The molecule has 9 heteroatoms. The van der Waals surface area contributed by atoms with E-state index in [0.29, 0.717) is 18.0 Å². The summed E-state index contributed by atoms with van der Waals surface area (Å²) in [4.78, 5) is 13.1. The Bertz CT molecular complexity index is 1200. The smallest absolute Gasteiger partial charge is 0.245 e. The number of sulfonamides is 1. The van der Waals surface area contributed by atoms with Crippen LogP contribution < -0.4 is 19.5 Å². The first kappa shape index (κ1) is 24.6. The minimum atomic E-state index is -4.15. The van der Waals surface area contributed by atoms with Gasteiger partial charge in [0.25, 0.3) is 0 Å². The molecule has 0 radical (unpaired) electrons. The molecule has 0 spiro atoms. The van der Waals surface area contributed by atoms with Gasteiger partial charge in [-0.25, -0.2) is 8.42 Å². The Morgan fingerprint density at radius 2 is 1.70 bits per heavy atom. The average molecular weight is 489 g/mol. The summed E-state index contributed by atoms with van der Waals surface area (Å²) in [6.07, 6.45) is 0.131. The number of benzene rings is 3. The van der Waals surface area contributed by atoms with E-state index in [1.807, 2.05) is 37.3 Å². The van der Waals surface area contributed by atoms with Crippen LogP contribution in [0.15, 0.2) is 77.7 Å². The molecule has 0 aliphatic heterocycles. The fourth-order valence-electron chi connectivity index (χ4n) is 3.22. The first-order chi connectivity index (χ1) is 15.8. The van der Waals surface area contributed by atoms with Crippen molar-refractivity contribution in [2.24, 2.45) is 0 Å². The normalized spacial score (nSPS) is 12.1. The molecule has 0 bridgehead atoms. The van der Waals surface area contributed by atoms with Gasteiger partial charge in [-0.15, -0.1) is 0 Å². The zero-order valence-electron chi connectivity index (χ0n) is 18.2. The summed E-state index contributed by atoms with van der Waals surface area (Å²) in [5, 5.41) is 3.01. The van der Waals surface area contributed by atoms with Crippen molar-refractivity contribution in [3.63, 3.8) is 0 Å². The van der Waals surface area contributed by atoms with Crippen molar-refractivity contribution in [3.8, 4) is 11.5 Å². The summed E-state index contributed by atoms with van der Waals surface area (Å²) in [5.41, 5.74) is 1.23. The van der Waals surface area contributed by atoms with Gasteiger partial charge in [0.05, 0.1) is 19.4 Å². The van der Waals surface area contributed by atoms with E-state index in [4.69, 9.17) is 21.1 Å². The Kier molecular flexibility index (Phi) is 8.32. The predicted molar refractivity (Wildman–Crippen MR) is 129 cm³/mol. The van der Waals surface area contributed by atoms with E-state index >= 15 is 0 Å². The first-order valence-electron chi connectivity index (χ1n) is 10.3. The lowest BCUT2D eigenvalue weighted by Crippen LogP contribution is -2.45. The SMILES string of the molecule is CCOc1ccccc1NC(=O)C(Cc1ccccc1)NS(=O)(=O)c1cc(Cl)ccc1OC. The molecular formula is C24H25ClN2O5S. The zero-order valence-corrected chi connectivity index (χ0v) is 19.8. The maximum atomic E-state index is 13.3. The maximum absolute atomic E-state index is 13.3. The highest BCUT2D eigenvalue weighted by Gasteiger charge is 2.29. The Morgan fingerprint density at radius 3 is 2.39 bits per heavy atom. The van der Waals surface area contributed by atoms with Crippen LogP contribution in [-0.2, 0) is 21.2 Å². The Balaban J connectivity index is 1.93. The lowest BCUT2D eigenvalue weighted by Gasteiger charge is -2.20. The van der Waals surface area contributed by atoms with E-state index in [0.717, 1.165) is 5.56 Å². The molecule has 33 heavy (non-hydrogen) atoms. The Hall–Kier alpha value is -3.07. The van der Waals surface area contributed by atoms with Crippen molar-refractivity contribution >= 4 is 33.2 Å². The largest absolute Gasteiger partial charge is 0.495 e. The van der Waals surface area contributed by atoms with E-state index in [2.05, 4.69) is 10.0 Å². The number of ether oxygens (including phenoxy) is 2. The van der Waals surface area contributed by atoms with E-state index in [9.17, 15) is 13.2 Å². The van der Waals surface area contributed by atoms with Gasteiger partial charge in [0.2, 0.25) is 15.9 Å². The number of hydrogen-bond donors (Lipinski definition) is 2. The third-order valence-corrected chi connectivity index (χ3v) is 6.48. The number of nitrogens with one attached hydrogen (secondary N) is 2. The van der Waals surface area contributed by atoms with Crippen molar-refractivity contribution < 1.29 is 22.7 Å². The number of anilines is 1. The highest BCUT2D eigenvalue weighted by molar-refractivity contribution is 7.89. The molecule has 3 aromatic carbocycles. The third-order valence-electron chi connectivity index (χ3n) is 4.76. The molecule has 0 saturated heterocycles. The van der Waals surface area contributed by atoms with Crippen LogP contribution in [0.1, 0.15) is 12.5 Å². The number of carbonyl (C=O) groups is 1. The third kappa shape index (κ3) is 6.47. The molecule has 0 aliphatic rings. The quantitative estimate of drug-likeness (QED) is 0.444. The number of amides is 1. The van der Waals surface area contributed by atoms with Gasteiger partial charge in [-0.05, 0) is 49.2 Å². The van der Waals surface area contributed by atoms with E-state index in [-0.39, 0.29) is 22.1 Å². The number of carbonyl (C=O) groups excluding carboxylic acids is 1. The summed E-state index contributed by atoms with van der Waals surface area (Å²) in [6.45, 7) is 2.25. The number of halogens is 1. The highest BCUT2D eigenvalue weighted by Crippen LogP contribution is 2.28. The van der Waals surface area contributed by atoms with Crippen LogP contribution in [-0.4, -0.2) is 34.1 Å². The molecule has 0 aromatic heterocycles. The molecule has 0 fully saturated rings. The van der Waals surface area contributed by atoms with Gasteiger partial charge < -0.3 is 14.8 Å². The summed E-state index contributed by atoms with van der Waals surface area (Å²) in [6, 6.07) is 19.3. The minimum Gasteiger partial charge on any atom is -0.495 e. The van der Waals surface area contributed by atoms with Gasteiger partial charge in [-0.2, -0.15) is 4.72 Å². The molecule has 0 aliphatic carbocycles. The van der Waals surface area contributed by atoms with Gasteiger partial charge in [0.15, 0.2) is 0 Å². The van der Waals surface area contributed by atoms with Crippen LogP contribution >= 0.6 is 11.6 Å². The van der Waals surface area contributed by atoms with Gasteiger partial charge in [0.1, 0.15) is 22.4 Å². The average Bonchev–Trinajstić information content (AvgIpc) is 2.80. The second kappa shape index (κ2) is 11.2. The summed E-state index contributed by atoms with van der Waals surface area (Å²) < 4.78 is 39.7. The molecule has 3 rings (SSSR count). The zero-order chi connectivity index (χ0) is 23.8. The summed E-state index contributed by atoms with van der Waals surface area (Å²) >= 11 is 6.02. The first-order valence-corrected chi connectivity index (χ1v) is 12.1. The van der Waals surface area contributed by atoms with E-state index in [1.165, 1.54) is 25.3 Å². The molecule has 0 heterocycles. The fraction of sp³-hybridized carbons (Fsp3) is 0.208. The lowest BCUT2D eigenvalue weighted by atomic mass is 10.1. The Morgan fingerprint density at radius 1 is 1.00 bits per heavy atom. The van der Waals surface area contributed by atoms with Crippen molar-refractivity contribution in [3.05, 3.63) is 83.4 Å². The standard InChI is InChI=1S/C24H25ClN2O5S/c1-3-32-21-12-8-7-11-19(21)26-24(28)20(15-17-9-5-4-6-10-17)27-33(29,30)23-16-18(25)13-14-22(23)31-2/h4-14,16,20,27H,3,15H2,1-2H3,(H,26,28). The molecule has 0 saturated carbocycles. The van der Waals surface area contributed by atoms with Crippen molar-refractivity contribution in [1.82, 2.24) is 4.72 Å². The molecule has 174 valence electrons. The van der Waals surface area contributed by atoms with Crippen LogP contribution in [0.4, 0.5) is 5.69 Å². The van der Waals surface area contributed by atoms with E-state index < -0.39 is 22.0 Å². The molecule has 1 unspecified atom stereocenters. The molecule has 3 aromatic rings. The topological polar surface area (TPSA) is 93.7 Å². The summed E-state index contributed by atoms with van der Waals surface area (Å²) in [7, 11) is -2.79. The maximum Gasteiger partial charge on any atom is 0.245 e. The van der Waals surface area contributed by atoms with Crippen molar-refractivity contribution in [1.29, 1.82) is 0 Å². The molecule has 1 atom stereocenters. The lowest BCUT2D eigenvalue weighted by molar-refractivity contribution is -0.117. The molecule has 2 N–H and O–H groups in total.